The van der Waals surface area contributed by atoms with Gasteiger partial charge >= 0.3 is 0 Å². The summed E-state index contributed by atoms with van der Waals surface area (Å²) in [5.41, 5.74) is 1.68. The van der Waals surface area contributed by atoms with Crippen LogP contribution < -0.4 is 9.47 Å². The number of alkyl halides is 1. The molecule has 2 nitrogen and oxygen atoms in total. The average Bonchev–Trinajstić information content (AvgIpc) is 2.48. The standard InChI is InChI=1S/C15H12Cl3IO2/c1-20-12-6-4-9(15(21-2)14(12)18)13(17)10-7-8(16)3-5-11(10)19/h3-7,13H,1-2H3. The van der Waals surface area contributed by atoms with E-state index >= 15 is 0 Å². The SMILES string of the molecule is COc1ccc(C(Cl)c2cc(Cl)ccc2I)c(OC)c1Cl. The minimum Gasteiger partial charge on any atom is -0.495 e. The fourth-order valence-electron chi connectivity index (χ4n) is 1.99. The highest BCUT2D eigenvalue weighted by Crippen LogP contribution is 2.44. The lowest BCUT2D eigenvalue weighted by Crippen LogP contribution is -2.01. The molecule has 0 amide bonds. The van der Waals surface area contributed by atoms with Gasteiger partial charge in [0.1, 0.15) is 16.5 Å². The van der Waals surface area contributed by atoms with Crippen molar-refractivity contribution in [1.82, 2.24) is 0 Å². The van der Waals surface area contributed by atoms with Crippen molar-refractivity contribution >= 4 is 57.4 Å². The molecule has 0 heterocycles. The molecule has 0 aliphatic heterocycles. The van der Waals surface area contributed by atoms with Crippen LogP contribution in [0.4, 0.5) is 0 Å². The number of ether oxygens (including phenoxy) is 2. The van der Waals surface area contributed by atoms with E-state index in [-0.39, 0.29) is 0 Å². The fourth-order valence-corrected chi connectivity index (χ4v) is 3.68. The normalized spacial score (nSPS) is 12.1. The lowest BCUT2D eigenvalue weighted by Gasteiger charge is -2.18. The van der Waals surface area contributed by atoms with Crippen LogP contribution in [-0.2, 0) is 0 Å². The van der Waals surface area contributed by atoms with E-state index in [0.717, 1.165) is 14.7 Å². The molecule has 1 atom stereocenters. The van der Waals surface area contributed by atoms with Crippen LogP contribution in [0.1, 0.15) is 16.5 Å². The van der Waals surface area contributed by atoms with Gasteiger partial charge in [0, 0.05) is 14.2 Å². The lowest BCUT2D eigenvalue weighted by molar-refractivity contribution is 0.392. The van der Waals surface area contributed by atoms with Gasteiger partial charge in [0.05, 0.1) is 19.6 Å². The van der Waals surface area contributed by atoms with Crippen LogP contribution in [-0.4, -0.2) is 14.2 Å². The van der Waals surface area contributed by atoms with Gasteiger partial charge in [-0.05, 0) is 58.5 Å². The van der Waals surface area contributed by atoms with E-state index in [1.165, 1.54) is 0 Å². The van der Waals surface area contributed by atoms with Gasteiger partial charge in [-0.1, -0.05) is 23.2 Å². The summed E-state index contributed by atoms with van der Waals surface area (Å²) in [4.78, 5) is 0. The molecule has 112 valence electrons. The van der Waals surface area contributed by atoms with Crippen molar-refractivity contribution in [3.8, 4) is 11.5 Å². The molecule has 0 radical (unpaired) electrons. The maximum Gasteiger partial charge on any atom is 0.146 e. The lowest BCUT2D eigenvalue weighted by atomic mass is 10.0. The number of rotatable bonds is 4. The zero-order valence-electron chi connectivity index (χ0n) is 11.3. The summed E-state index contributed by atoms with van der Waals surface area (Å²) < 4.78 is 11.6. The molecule has 0 bridgehead atoms. The van der Waals surface area contributed by atoms with E-state index in [1.54, 1.807) is 20.3 Å². The predicted octanol–water partition coefficient (Wildman–Crippen LogP) is 5.94. The Morgan fingerprint density at radius 1 is 1.00 bits per heavy atom. The van der Waals surface area contributed by atoms with Gasteiger partial charge in [0.15, 0.2) is 0 Å². The first kappa shape index (κ1) is 17.0. The maximum atomic E-state index is 6.62. The quantitative estimate of drug-likeness (QED) is 0.418. The molecular formula is C15H12Cl3IO2. The summed E-state index contributed by atoms with van der Waals surface area (Å²) in [5, 5.41) is 0.615. The Labute approximate surface area is 152 Å². The highest BCUT2D eigenvalue weighted by Gasteiger charge is 2.22. The average molecular weight is 458 g/mol. The molecule has 0 saturated carbocycles. The van der Waals surface area contributed by atoms with Gasteiger partial charge in [-0.2, -0.15) is 0 Å². The smallest absolute Gasteiger partial charge is 0.146 e. The number of benzene rings is 2. The number of halogens is 4. The first-order valence-corrected chi connectivity index (χ1v) is 8.26. The Morgan fingerprint density at radius 2 is 1.71 bits per heavy atom. The first-order chi connectivity index (χ1) is 9.99. The van der Waals surface area contributed by atoms with Crippen LogP contribution in [0.25, 0.3) is 0 Å². The first-order valence-electron chi connectivity index (χ1n) is 5.99. The minimum atomic E-state index is -0.422. The van der Waals surface area contributed by atoms with Crippen LogP contribution >= 0.6 is 57.4 Å². The van der Waals surface area contributed by atoms with Gasteiger partial charge in [-0.25, -0.2) is 0 Å². The van der Waals surface area contributed by atoms with E-state index in [2.05, 4.69) is 22.6 Å². The number of hydrogen-bond donors (Lipinski definition) is 0. The Balaban J connectivity index is 2.55. The van der Waals surface area contributed by atoms with Crippen LogP contribution in [0.15, 0.2) is 30.3 Å². The second kappa shape index (κ2) is 7.27. The third-order valence-electron chi connectivity index (χ3n) is 3.02. The molecule has 0 aromatic heterocycles. The van der Waals surface area contributed by atoms with Gasteiger partial charge in [0.2, 0.25) is 0 Å². The highest BCUT2D eigenvalue weighted by molar-refractivity contribution is 14.1. The molecular weight excluding hydrogens is 445 g/mol. The highest BCUT2D eigenvalue weighted by atomic mass is 127. The maximum absolute atomic E-state index is 6.62. The monoisotopic (exact) mass is 456 g/mol. The van der Waals surface area contributed by atoms with Gasteiger partial charge in [0.25, 0.3) is 0 Å². The molecule has 0 aliphatic carbocycles. The molecule has 21 heavy (non-hydrogen) atoms. The van der Waals surface area contributed by atoms with Crippen molar-refractivity contribution < 1.29 is 9.47 Å². The van der Waals surface area contributed by atoms with E-state index in [9.17, 15) is 0 Å². The summed E-state index contributed by atoms with van der Waals surface area (Å²) in [6.45, 7) is 0. The zero-order chi connectivity index (χ0) is 15.6. The molecule has 1 unspecified atom stereocenters. The van der Waals surface area contributed by atoms with Crippen molar-refractivity contribution in [2.45, 2.75) is 5.38 Å². The molecule has 2 aromatic rings. The van der Waals surface area contributed by atoms with Crippen molar-refractivity contribution in [2.24, 2.45) is 0 Å². The van der Waals surface area contributed by atoms with Crippen molar-refractivity contribution in [1.29, 1.82) is 0 Å². The Morgan fingerprint density at radius 3 is 2.33 bits per heavy atom. The third kappa shape index (κ3) is 3.52. The number of hydrogen-bond acceptors (Lipinski definition) is 2. The summed E-state index contributed by atoms with van der Waals surface area (Å²) in [7, 11) is 3.11. The molecule has 2 aromatic carbocycles. The summed E-state index contributed by atoms with van der Waals surface area (Å²) in [5.74, 6) is 1.05. The second-order valence-corrected chi connectivity index (χ2v) is 6.65. The summed E-state index contributed by atoms with van der Waals surface area (Å²) in [6.07, 6.45) is 0. The van der Waals surface area contributed by atoms with Crippen molar-refractivity contribution in [3.63, 3.8) is 0 Å². The van der Waals surface area contributed by atoms with Crippen molar-refractivity contribution in [2.75, 3.05) is 14.2 Å². The van der Waals surface area contributed by atoms with Gasteiger partial charge in [-0.15, -0.1) is 11.6 Å². The van der Waals surface area contributed by atoms with Gasteiger partial charge in [-0.3, -0.25) is 0 Å². The third-order valence-corrected chi connectivity index (χ3v) is 5.07. The van der Waals surface area contributed by atoms with E-state index in [1.807, 2.05) is 24.3 Å². The summed E-state index contributed by atoms with van der Waals surface area (Å²) >= 11 is 21.2. The van der Waals surface area contributed by atoms with Gasteiger partial charge < -0.3 is 9.47 Å². The molecule has 0 fully saturated rings. The molecule has 0 aliphatic rings. The van der Waals surface area contributed by atoms with Crippen LogP contribution in [0.2, 0.25) is 10.0 Å². The van der Waals surface area contributed by atoms with E-state index < -0.39 is 5.38 Å². The molecule has 6 heteroatoms. The van der Waals surface area contributed by atoms with E-state index in [0.29, 0.717) is 21.5 Å². The number of methoxy groups -OCH3 is 2. The zero-order valence-corrected chi connectivity index (χ0v) is 15.7. The van der Waals surface area contributed by atoms with Crippen LogP contribution in [0.5, 0.6) is 11.5 Å². The van der Waals surface area contributed by atoms with Crippen molar-refractivity contribution in [3.05, 3.63) is 55.1 Å². The minimum absolute atomic E-state index is 0.403. The topological polar surface area (TPSA) is 18.5 Å². The molecule has 2 rings (SSSR count). The second-order valence-electron chi connectivity index (χ2n) is 4.23. The summed E-state index contributed by atoms with van der Waals surface area (Å²) in [6, 6.07) is 9.21. The Bertz CT molecular complexity index is 662. The van der Waals surface area contributed by atoms with Crippen LogP contribution in [0, 0.1) is 3.57 Å². The molecule has 0 N–H and O–H groups in total. The Hall–Kier alpha value is -0.360. The fraction of sp³-hybridized carbons (Fsp3) is 0.200. The molecule has 0 spiro atoms. The molecule has 0 saturated heterocycles. The van der Waals surface area contributed by atoms with Crippen LogP contribution in [0.3, 0.4) is 0 Å². The largest absolute Gasteiger partial charge is 0.495 e. The predicted molar refractivity (Wildman–Crippen MR) is 96.4 cm³/mol. The van der Waals surface area contributed by atoms with E-state index in [4.69, 9.17) is 44.3 Å². The Kier molecular flexibility index (Phi) is 5.88.